The second kappa shape index (κ2) is 3.77. The maximum Gasteiger partial charge on any atom is 0.122 e. The van der Waals surface area contributed by atoms with E-state index in [9.17, 15) is 0 Å². The van der Waals surface area contributed by atoms with E-state index in [2.05, 4.69) is 24.1 Å². The Kier molecular flexibility index (Phi) is 2.40. The maximum absolute atomic E-state index is 5.50. The maximum atomic E-state index is 5.50. The van der Waals surface area contributed by atoms with Crippen LogP contribution in [0, 0.1) is 0 Å². The number of benzene rings is 1. The molecule has 0 saturated heterocycles. The third kappa shape index (κ3) is 1.36. The summed E-state index contributed by atoms with van der Waals surface area (Å²) in [6.45, 7) is 1.16. The molecule has 86 valence electrons. The molecule has 1 atom stereocenters. The Labute approximate surface area is 97.2 Å². The van der Waals surface area contributed by atoms with Crippen LogP contribution in [-0.2, 0) is 12.8 Å². The zero-order valence-corrected chi connectivity index (χ0v) is 10.1. The van der Waals surface area contributed by atoms with Crippen molar-refractivity contribution in [3.63, 3.8) is 0 Å². The minimum Gasteiger partial charge on any atom is -0.496 e. The number of methoxy groups -OCH3 is 1. The van der Waals surface area contributed by atoms with Crippen molar-refractivity contribution in [2.75, 3.05) is 20.7 Å². The Balaban J connectivity index is 2.18. The molecule has 0 unspecified atom stereocenters. The van der Waals surface area contributed by atoms with Crippen molar-refractivity contribution in [2.45, 2.75) is 31.7 Å². The van der Waals surface area contributed by atoms with Crippen molar-refractivity contribution in [1.82, 2.24) is 4.90 Å². The Morgan fingerprint density at radius 2 is 2.19 bits per heavy atom. The normalized spacial score (nSPS) is 24.0. The van der Waals surface area contributed by atoms with Crippen LogP contribution in [0.15, 0.2) is 12.1 Å². The molecule has 16 heavy (non-hydrogen) atoms. The third-order valence-corrected chi connectivity index (χ3v) is 4.13. The zero-order valence-electron chi connectivity index (χ0n) is 10.1. The van der Waals surface area contributed by atoms with Gasteiger partial charge in [0.25, 0.3) is 0 Å². The molecule has 3 rings (SSSR count). The van der Waals surface area contributed by atoms with Crippen LogP contribution in [0.25, 0.3) is 0 Å². The number of hydrogen-bond acceptors (Lipinski definition) is 2. The summed E-state index contributed by atoms with van der Waals surface area (Å²) in [7, 11) is 4.04. The fraction of sp³-hybridized carbons (Fsp3) is 0.571. The molecule has 1 aromatic carbocycles. The summed E-state index contributed by atoms with van der Waals surface area (Å²) in [5, 5.41) is 0. The van der Waals surface area contributed by atoms with Gasteiger partial charge in [-0.1, -0.05) is 6.07 Å². The average Bonchev–Trinajstić information content (AvgIpc) is 2.34. The number of likely N-dealkylation sites (N-methyl/N-ethyl adjacent to an activating group) is 1. The highest BCUT2D eigenvalue weighted by atomic mass is 16.5. The van der Waals surface area contributed by atoms with Crippen LogP contribution in [0.3, 0.4) is 0 Å². The number of rotatable bonds is 1. The Hall–Kier alpha value is -1.02. The standard InChI is InChI=1S/C14H19NO/c1-15-9-8-11-13(16-2)7-6-10-4-3-5-12(15)14(10)11/h6-7,12H,3-5,8-9H2,1-2H3/t12-/m0/s1. The van der Waals surface area contributed by atoms with Crippen molar-refractivity contribution in [3.05, 3.63) is 28.8 Å². The monoisotopic (exact) mass is 217 g/mol. The lowest BCUT2D eigenvalue weighted by Crippen LogP contribution is -2.35. The number of hydrogen-bond donors (Lipinski definition) is 0. The van der Waals surface area contributed by atoms with Gasteiger partial charge in [0.2, 0.25) is 0 Å². The molecule has 0 bridgehead atoms. The van der Waals surface area contributed by atoms with Crippen LogP contribution in [0.4, 0.5) is 0 Å². The van der Waals surface area contributed by atoms with E-state index in [1.54, 1.807) is 18.2 Å². The van der Waals surface area contributed by atoms with E-state index in [-0.39, 0.29) is 0 Å². The quantitative estimate of drug-likeness (QED) is 0.717. The summed E-state index contributed by atoms with van der Waals surface area (Å²) < 4.78 is 5.50. The number of ether oxygens (including phenoxy) is 1. The van der Waals surface area contributed by atoms with Gasteiger partial charge in [0.05, 0.1) is 7.11 Å². The second-order valence-electron chi connectivity index (χ2n) is 4.96. The Morgan fingerprint density at radius 3 is 3.00 bits per heavy atom. The minimum absolute atomic E-state index is 0.641. The van der Waals surface area contributed by atoms with E-state index >= 15 is 0 Å². The van der Waals surface area contributed by atoms with Crippen LogP contribution in [-0.4, -0.2) is 25.6 Å². The van der Waals surface area contributed by atoms with E-state index in [4.69, 9.17) is 4.74 Å². The van der Waals surface area contributed by atoms with Crippen molar-refractivity contribution in [2.24, 2.45) is 0 Å². The van der Waals surface area contributed by atoms with Gasteiger partial charge >= 0.3 is 0 Å². The highest BCUT2D eigenvalue weighted by Crippen LogP contribution is 2.42. The second-order valence-corrected chi connectivity index (χ2v) is 4.96. The molecular formula is C14H19NO. The first-order valence-electron chi connectivity index (χ1n) is 6.20. The zero-order chi connectivity index (χ0) is 11.1. The predicted molar refractivity (Wildman–Crippen MR) is 65.0 cm³/mol. The summed E-state index contributed by atoms with van der Waals surface area (Å²) in [4.78, 5) is 2.50. The SMILES string of the molecule is COc1ccc2c3c1CCN(C)[C@H]3CCC2. The first kappa shape index (κ1) is 10.2. The minimum atomic E-state index is 0.641. The first-order valence-corrected chi connectivity index (χ1v) is 6.20. The lowest BCUT2D eigenvalue weighted by Gasteiger charge is -2.39. The van der Waals surface area contributed by atoms with E-state index in [0.717, 1.165) is 18.7 Å². The van der Waals surface area contributed by atoms with Crippen LogP contribution < -0.4 is 4.74 Å². The number of aryl methyl sites for hydroxylation is 1. The molecule has 1 heterocycles. The smallest absolute Gasteiger partial charge is 0.122 e. The third-order valence-electron chi connectivity index (χ3n) is 4.13. The summed E-state index contributed by atoms with van der Waals surface area (Å²) in [6.07, 6.45) is 5.02. The van der Waals surface area contributed by atoms with Gasteiger partial charge in [0.1, 0.15) is 5.75 Å². The number of nitrogens with zero attached hydrogens (tertiary/aromatic N) is 1. The summed E-state index contributed by atoms with van der Waals surface area (Å²) in [5.41, 5.74) is 4.61. The van der Waals surface area contributed by atoms with E-state index in [1.807, 2.05) is 0 Å². The largest absolute Gasteiger partial charge is 0.496 e. The molecule has 1 aromatic rings. The molecule has 2 nitrogen and oxygen atoms in total. The molecule has 0 amide bonds. The van der Waals surface area contributed by atoms with Gasteiger partial charge < -0.3 is 4.74 Å². The molecule has 0 fully saturated rings. The van der Waals surface area contributed by atoms with Gasteiger partial charge in [-0.3, -0.25) is 4.90 Å². The molecule has 0 saturated carbocycles. The molecule has 0 spiro atoms. The van der Waals surface area contributed by atoms with Gasteiger partial charge in [0.15, 0.2) is 0 Å². The predicted octanol–water partition coefficient (Wildman–Crippen LogP) is 2.56. The Bertz CT molecular complexity index is 413. The lowest BCUT2D eigenvalue weighted by atomic mass is 9.80. The van der Waals surface area contributed by atoms with Crippen molar-refractivity contribution in [1.29, 1.82) is 0 Å². The molecule has 1 aliphatic carbocycles. The molecule has 0 radical (unpaired) electrons. The molecule has 2 heteroatoms. The molecule has 2 aliphatic rings. The van der Waals surface area contributed by atoms with Crippen LogP contribution in [0.5, 0.6) is 5.75 Å². The van der Waals surface area contributed by atoms with Gasteiger partial charge in [-0.15, -0.1) is 0 Å². The summed E-state index contributed by atoms with van der Waals surface area (Å²) >= 11 is 0. The van der Waals surface area contributed by atoms with Gasteiger partial charge in [0, 0.05) is 18.2 Å². The highest BCUT2D eigenvalue weighted by Gasteiger charge is 2.31. The lowest BCUT2D eigenvalue weighted by molar-refractivity contribution is 0.205. The van der Waals surface area contributed by atoms with Crippen LogP contribution >= 0.6 is 0 Å². The van der Waals surface area contributed by atoms with E-state index in [1.165, 1.54) is 24.8 Å². The van der Waals surface area contributed by atoms with Crippen molar-refractivity contribution in [3.8, 4) is 5.75 Å². The first-order chi connectivity index (χ1) is 7.81. The van der Waals surface area contributed by atoms with E-state index in [0.29, 0.717) is 6.04 Å². The van der Waals surface area contributed by atoms with Gasteiger partial charge in [-0.05, 0) is 49.9 Å². The molecule has 1 aliphatic heterocycles. The fourth-order valence-corrected chi connectivity index (χ4v) is 3.29. The van der Waals surface area contributed by atoms with Crippen molar-refractivity contribution < 1.29 is 4.74 Å². The van der Waals surface area contributed by atoms with Gasteiger partial charge in [-0.25, -0.2) is 0 Å². The fourth-order valence-electron chi connectivity index (χ4n) is 3.29. The topological polar surface area (TPSA) is 12.5 Å². The van der Waals surface area contributed by atoms with Crippen molar-refractivity contribution >= 4 is 0 Å². The molecular weight excluding hydrogens is 198 g/mol. The average molecular weight is 217 g/mol. The van der Waals surface area contributed by atoms with E-state index < -0.39 is 0 Å². The summed E-state index contributed by atoms with van der Waals surface area (Å²) in [6, 6.07) is 5.06. The Morgan fingerprint density at radius 1 is 1.31 bits per heavy atom. The summed E-state index contributed by atoms with van der Waals surface area (Å²) in [5.74, 6) is 1.10. The van der Waals surface area contributed by atoms with Crippen LogP contribution in [0.1, 0.15) is 35.6 Å². The molecule has 0 N–H and O–H groups in total. The highest BCUT2D eigenvalue weighted by molar-refractivity contribution is 5.49. The molecule has 0 aromatic heterocycles. The van der Waals surface area contributed by atoms with Gasteiger partial charge in [-0.2, -0.15) is 0 Å². The van der Waals surface area contributed by atoms with Crippen LogP contribution in [0.2, 0.25) is 0 Å².